The number of unbranched alkanes of at least 4 members (excludes halogenated alkanes) is 2. The number of nitrogens with zero attached hydrogens (tertiary/aromatic N) is 1. The number of aliphatic carboxylic acids is 1. The lowest BCUT2D eigenvalue weighted by atomic mass is 10.0. The molecule has 226 valence electrons. The summed E-state index contributed by atoms with van der Waals surface area (Å²) in [7, 11) is 0. The third-order valence-electron chi connectivity index (χ3n) is 6.48. The number of benzene rings is 1. The van der Waals surface area contributed by atoms with Crippen LogP contribution in [0, 0.1) is 0 Å². The first kappa shape index (κ1) is 33.2. The Morgan fingerprint density at radius 3 is 1.93 bits per heavy atom. The summed E-state index contributed by atoms with van der Waals surface area (Å²) in [5.74, 6) is -2.99. The van der Waals surface area contributed by atoms with Crippen molar-refractivity contribution in [2.45, 2.75) is 75.5 Å². The van der Waals surface area contributed by atoms with Crippen molar-refractivity contribution in [1.29, 1.82) is 0 Å². The first-order valence-corrected chi connectivity index (χ1v) is 13.7. The van der Waals surface area contributed by atoms with Gasteiger partial charge in [-0.15, -0.1) is 0 Å². The standard InChI is InChI=1S/C27H42N8O6/c28-11-3-1-5-21(33-24(37)20(30)13-17-7-9-19(36)10-8-17)25(38)35-23(14-18-15-31-16-32-18)26(39)34-22(27(40)41)6-2-4-12-29/h7-10,15-16,20-23,36H,1-6,11-14,28-30H2,(H,31,32)(H,33,37)(H,34,39)(H,35,38)(H,40,41). The van der Waals surface area contributed by atoms with Gasteiger partial charge in [0.1, 0.15) is 23.9 Å². The Morgan fingerprint density at radius 2 is 1.37 bits per heavy atom. The third-order valence-corrected chi connectivity index (χ3v) is 6.48. The summed E-state index contributed by atoms with van der Waals surface area (Å²) < 4.78 is 0. The van der Waals surface area contributed by atoms with Crippen LogP contribution in [-0.4, -0.2) is 81.1 Å². The number of phenols is 1. The van der Waals surface area contributed by atoms with Crippen molar-refractivity contribution in [3.8, 4) is 5.75 Å². The van der Waals surface area contributed by atoms with Crippen LogP contribution in [-0.2, 0) is 32.0 Å². The summed E-state index contributed by atoms with van der Waals surface area (Å²) in [5.41, 5.74) is 18.5. The topological polar surface area (TPSA) is 252 Å². The smallest absolute Gasteiger partial charge is 0.326 e. The van der Waals surface area contributed by atoms with Gasteiger partial charge in [-0.3, -0.25) is 14.4 Å². The van der Waals surface area contributed by atoms with Crippen LogP contribution in [0.1, 0.15) is 49.8 Å². The highest BCUT2D eigenvalue weighted by molar-refractivity contribution is 5.94. The second kappa shape index (κ2) is 17.6. The summed E-state index contributed by atoms with van der Waals surface area (Å²) in [5, 5.41) is 26.9. The lowest BCUT2D eigenvalue weighted by molar-refractivity contribution is -0.142. The highest BCUT2D eigenvalue weighted by Crippen LogP contribution is 2.12. The number of amides is 3. The zero-order chi connectivity index (χ0) is 30.2. The number of rotatable bonds is 19. The number of carboxylic acids is 1. The SMILES string of the molecule is NCCCCC(NC(=O)C(Cc1cnc[nH]1)NC(=O)C(CCCCN)NC(=O)C(N)Cc1ccc(O)cc1)C(=O)O. The summed E-state index contributed by atoms with van der Waals surface area (Å²) in [6, 6.07) is 1.96. The normalized spacial score (nSPS) is 13.9. The second-order valence-corrected chi connectivity index (χ2v) is 9.85. The Bertz CT molecular complexity index is 1100. The highest BCUT2D eigenvalue weighted by atomic mass is 16.4. The van der Waals surface area contributed by atoms with E-state index in [0.717, 1.165) is 5.56 Å². The quantitative estimate of drug-likeness (QED) is 0.0927. The zero-order valence-corrected chi connectivity index (χ0v) is 23.1. The van der Waals surface area contributed by atoms with E-state index >= 15 is 0 Å². The lowest BCUT2D eigenvalue weighted by Crippen LogP contribution is -2.57. The molecule has 0 bridgehead atoms. The molecule has 14 heteroatoms. The van der Waals surface area contributed by atoms with Crippen LogP contribution >= 0.6 is 0 Å². The van der Waals surface area contributed by atoms with E-state index in [1.807, 2.05) is 0 Å². The van der Waals surface area contributed by atoms with Gasteiger partial charge < -0.3 is 48.3 Å². The predicted octanol–water partition coefficient (Wildman–Crippen LogP) is -0.975. The Morgan fingerprint density at radius 1 is 0.805 bits per heavy atom. The molecule has 0 aliphatic rings. The molecule has 4 unspecified atom stereocenters. The molecule has 0 fully saturated rings. The molecule has 0 saturated carbocycles. The first-order valence-electron chi connectivity index (χ1n) is 13.7. The summed E-state index contributed by atoms with van der Waals surface area (Å²) >= 11 is 0. The predicted molar refractivity (Wildman–Crippen MR) is 151 cm³/mol. The number of hydrogen-bond acceptors (Lipinski definition) is 9. The number of aromatic nitrogens is 2. The molecule has 0 spiro atoms. The fourth-order valence-corrected chi connectivity index (χ4v) is 4.14. The van der Waals surface area contributed by atoms with Crippen molar-refractivity contribution >= 4 is 23.7 Å². The molecule has 1 aromatic heterocycles. The number of carbonyl (C=O) groups excluding carboxylic acids is 3. The van der Waals surface area contributed by atoms with Crippen molar-refractivity contribution < 1.29 is 29.4 Å². The monoisotopic (exact) mass is 574 g/mol. The molecule has 3 amide bonds. The summed E-state index contributed by atoms with van der Waals surface area (Å²) in [6.45, 7) is 0.795. The van der Waals surface area contributed by atoms with Gasteiger partial charge >= 0.3 is 5.97 Å². The van der Waals surface area contributed by atoms with Crippen molar-refractivity contribution in [2.24, 2.45) is 17.2 Å². The van der Waals surface area contributed by atoms with E-state index in [1.165, 1.54) is 24.7 Å². The molecule has 41 heavy (non-hydrogen) atoms. The van der Waals surface area contributed by atoms with Gasteiger partial charge in [0.05, 0.1) is 12.4 Å². The lowest BCUT2D eigenvalue weighted by Gasteiger charge is -2.25. The van der Waals surface area contributed by atoms with E-state index < -0.39 is 47.9 Å². The van der Waals surface area contributed by atoms with Gasteiger partial charge in [-0.2, -0.15) is 0 Å². The molecule has 12 N–H and O–H groups in total. The first-order chi connectivity index (χ1) is 19.6. The molecule has 4 atom stereocenters. The fourth-order valence-electron chi connectivity index (χ4n) is 4.14. The largest absolute Gasteiger partial charge is 0.508 e. The average molecular weight is 575 g/mol. The maximum Gasteiger partial charge on any atom is 0.326 e. The number of nitrogens with one attached hydrogen (secondary N) is 4. The van der Waals surface area contributed by atoms with Crippen LogP contribution in [0.15, 0.2) is 36.8 Å². The Balaban J connectivity index is 2.15. The minimum absolute atomic E-state index is 0.0105. The Kier molecular flexibility index (Phi) is 14.3. The molecule has 2 aromatic rings. The van der Waals surface area contributed by atoms with E-state index in [-0.39, 0.29) is 31.4 Å². The number of carboxylic acid groups (broad SMARTS) is 1. The van der Waals surface area contributed by atoms with Crippen LogP contribution in [0.4, 0.5) is 0 Å². The number of aromatic hydroxyl groups is 1. The average Bonchev–Trinajstić information content (AvgIpc) is 3.46. The molecule has 1 aromatic carbocycles. The number of H-pyrrole nitrogens is 1. The molecule has 2 rings (SSSR count). The summed E-state index contributed by atoms with van der Waals surface area (Å²) in [4.78, 5) is 58.1. The van der Waals surface area contributed by atoms with Crippen LogP contribution in [0.2, 0.25) is 0 Å². The number of hydrogen-bond donors (Lipinski definition) is 9. The Labute approximate surface area is 238 Å². The molecular formula is C27H42N8O6. The number of nitrogens with two attached hydrogens (primary N) is 3. The summed E-state index contributed by atoms with van der Waals surface area (Å²) in [6.07, 6.45) is 5.77. The van der Waals surface area contributed by atoms with Crippen LogP contribution in [0.3, 0.4) is 0 Å². The number of imidazole rings is 1. The number of phenolic OH excluding ortho intramolecular Hbond substituents is 1. The molecule has 0 radical (unpaired) electrons. The van der Waals surface area contributed by atoms with Crippen molar-refractivity contribution in [3.63, 3.8) is 0 Å². The van der Waals surface area contributed by atoms with Gasteiger partial charge in [-0.25, -0.2) is 9.78 Å². The number of aromatic amines is 1. The van der Waals surface area contributed by atoms with Gasteiger partial charge in [0.15, 0.2) is 0 Å². The van der Waals surface area contributed by atoms with Crippen LogP contribution in [0.5, 0.6) is 5.75 Å². The molecule has 1 heterocycles. The maximum atomic E-state index is 13.4. The fraction of sp³-hybridized carbons (Fsp3) is 0.519. The minimum atomic E-state index is -1.20. The van der Waals surface area contributed by atoms with E-state index in [0.29, 0.717) is 44.5 Å². The minimum Gasteiger partial charge on any atom is -0.508 e. The van der Waals surface area contributed by atoms with E-state index in [2.05, 4.69) is 25.9 Å². The number of carbonyl (C=O) groups is 4. The molecule has 0 aliphatic heterocycles. The maximum absolute atomic E-state index is 13.4. The Hall–Kier alpha value is -4.01. The molecule has 14 nitrogen and oxygen atoms in total. The van der Waals surface area contributed by atoms with E-state index in [1.54, 1.807) is 12.1 Å². The van der Waals surface area contributed by atoms with E-state index in [9.17, 15) is 29.4 Å². The van der Waals surface area contributed by atoms with Crippen molar-refractivity contribution in [2.75, 3.05) is 13.1 Å². The zero-order valence-electron chi connectivity index (χ0n) is 23.1. The molecule has 0 saturated heterocycles. The highest BCUT2D eigenvalue weighted by Gasteiger charge is 2.30. The third kappa shape index (κ3) is 11.9. The van der Waals surface area contributed by atoms with Crippen molar-refractivity contribution in [3.05, 3.63) is 48.0 Å². The van der Waals surface area contributed by atoms with Crippen LogP contribution in [0.25, 0.3) is 0 Å². The molecule has 0 aliphatic carbocycles. The van der Waals surface area contributed by atoms with Crippen LogP contribution < -0.4 is 33.2 Å². The van der Waals surface area contributed by atoms with Gasteiger partial charge in [0.25, 0.3) is 0 Å². The molecular weight excluding hydrogens is 532 g/mol. The van der Waals surface area contributed by atoms with Crippen molar-refractivity contribution in [1.82, 2.24) is 25.9 Å². The second-order valence-electron chi connectivity index (χ2n) is 9.85. The van der Waals surface area contributed by atoms with E-state index in [4.69, 9.17) is 17.2 Å². The van der Waals surface area contributed by atoms with Gasteiger partial charge in [-0.05, 0) is 75.7 Å². The van der Waals surface area contributed by atoms with Gasteiger partial charge in [0, 0.05) is 18.3 Å². The van der Waals surface area contributed by atoms with Gasteiger partial charge in [-0.1, -0.05) is 12.1 Å². The van der Waals surface area contributed by atoms with Gasteiger partial charge in [0.2, 0.25) is 17.7 Å².